The van der Waals surface area contributed by atoms with Gasteiger partial charge >= 0.3 is 0 Å². The van der Waals surface area contributed by atoms with Crippen LogP contribution in [-0.2, 0) is 10.0 Å². The van der Waals surface area contributed by atoms with Gasteiger partial charge in [0.1, 0.15) is 0 Å². The summed E-state index contributed by atoms with van der Waals surface area (Å²) in [6.45, 7) is 0.214. The zero-order valence-corrected chi connectivity index (χ0v) is 11.4. The van der Waals surface area contributed by atoms with Crippen LogP contribution in [0.3, 0.4) is 0 Å². The minimum atomic E-state index is -3.64. The molecule has 0 atom stereocenters. The van der Waals surface area contributed by atoms with Gasteiger partial charge in [-0.1, -0.05) is 12.8 Å². The Balaban J connectivity index is 2.09. The zero-order chi connectivity index (χ0) is 13.9. The molecule has 19 heavy (non-hydrogen) atoms. The number of hydrogen-bond donors (Lipinski definition) is 3. The Morgan fingerprint density at radius 2 is 2.00 bits per heavy atom. The van der Waals surface area contributed by atoms with E-state index in [1.807, 2.05) is 0 Å². The first-order chi connectivity index (χ1) is 8.97. The molecule has 3 N–H and O–H groups in total. The maximum absolute atomic E-state index is 12.0. The maximum Gasteiger partial charge on any atom is 0.247 e. The van der Waals surface area contributed by atoms with Crippen molar-refractivity contribution in [3.63, 3.8) is 0 Å². The number of hydrogen-bond acceptors (Lipinski definition) is 4. The van der Waals surface area contributed by atoms with E-state index in [4.69, 9.17) is 0 Å². The highest BCUT2D eigenvalue weighted by atomic mass is 32.2. The van der Waals surface area contributed by atoms with Crippen LogP contribution in [-0.4, -0.2) is 31.7 Å². The van der Waals surface area contributed by atoms with E-state index >= 15 is 0 Å². The molecule has 7 heteroatoms. The van der Waals surface area contributed by atoms with Gasteiger partial charge in [-0.2, -0.15) is 0 Å². The van der Waals surface area contributed by atoms with E-state index in [-0.39, 0.29) is 29.0 Å². The quantitative estimate of drug-likeness (QED) is 0.720. The van der Waals surface area contributed by atoms with Crippen molar-refractivity contribution in [3.8, 4) is 0 Å². The lowest BCUT2D eigenvalue weighted by Crippen LogP contribution is -2.38. The van der Waals surface area contributed by atoms with Crippen LogP contribution in [0.25, 0.3) is 0 Å². The molecular weight excluding hydrogens is 268 g/mol. The number of pyridine rings is 1. The van der Waals surface area contributed by atoms with Crippen LogP contribution in [0.5, 0.6) is 0 Å². The molecule has 2 rings (SSSR count). The van der Waals surface area contributed by atoms with Crippen molar-refractivity contribution in [2.45, 2.75) is 30.6 Å². The third kappa shape index (κ3) is 3.23. The molecule has 1 heterocycles. The van der Waals surface area contributed by atoms with Gasteiger partial charge in [-0.3, -0.25) is 4.79 Å². The molecule has 1 aliphatic rings. The van der Waals surface area contributed by atoms with Crippen LogP contribution < -0.4 is 10.3 Å². The summed E-state index contributed by atoms with van der Waals surface area (Å²) in [5.74, 6) is 0. The summed E-state index contributed by atoms with van der Waals surface area (Å²) in [7, 11) is -3.64. The molecule has 106 valence electrons. The van der Waals surface area contributed by atoms with Crippen molar-refractivity contribution in [2.75, 3.05) is 13.2 Å². The minimum Gasteiger partial charge on any atom is -0.396 e. The van der Waals surface area contributed by atoms with Gasteiger partial charge in [0.25, 0.3) is 0 Å². The molecule has 0 aliphatic heterocycles. The number of aliphatic hydroxyl groups is 1. The summed E-state index contributed by atoms with van der Waals surface area (Å²) in [5.41, 5.74) is -0.684. The predicted molar refractivity (Wildman–Crippen MR) is 70.2 cm³/mol. The Bertz CT molecular complexity index is 567. The molecule has 1 saturated carbocycles. The van der Waals surface area contributed by atoms with E-state index in [0.717, 1.165) is 25.7 Å². The lowest BCUT2D eigenvalue weighted by molar-refractivity contribution is 0.134. The highest BCUT2D eigenvalue weighted by Crippen LogP contribution is 2.37. The van der Waals surface area contributed by atoms with Crippen molar-refractivity contribution < 1.29 is 13.5 Å². The molecule has 1 aliphatic carbocycles. The van der Waals surface area contributed by atoms with Gasteiger partial charge in [0.2, 0.25) is 15.6 Å². The van der Waals surface area contributed by atoms with E-state index in [1.165, 1.54) is 18.3 Å². The molecule has 0 aromatic carbocycles. The van der Waals surface area contributed by atoms with Crippen LogP contribution in [0.2, 0.25) is 0 Å². The van der Waals surface area contributed by atoms with Crippen molar-refractivity contribution >= 4 is 10.0 Å². The second-order valence-corrected chi connectivity index (χ2v) is 6.85. The summed E-state index contributed by atoms with van der Waals surface area (Å²) < 4.78 is 26.6. The van der Waals surface area contributed by atoms with E-state index in [1.54, 1.807) is 0 Å². The minimum absolute atomic E-state index is 0.0128. The first-order valence-corrected chi connectivity index (χ1v) is 7.75. The summed E-state index contributed by atoms with van der Waals surface area (Å²) in [4.78, 5) is 13.3. The van der Waals surface area contributed by atoms with E-state index < -0.39 is 10.0 Å². The SMILES string of the molecule is O=c1ccc(S(=O)(=O)NCC2(CO)CCCC2)c[nH]1. The fraction of sp³-hybridized carbons (Fsp3) is 0.583. The highest BCUT2D eigenvalue weighted by Gasteiger charge is 2.34. The number of aromatic nitrogens is 1. The summed E-state index contributed by atoms with van der Waals surface area (Å²) in [5, 5.41) is 9.44. The van der Waals surface area contributed by atoms with Crippen LogP contribution in [0, 0.1) is 5.41 Å². The Morgan fingerprint density at radius 1 is 1.32 bits per heavy atom. The van der Waals surface area contributed by atoms with Crippen molar-refractivity contribution in [3.05, 3.63) is 28.7 Å². The highest BCUT2D eigenvalue weighted by molar-refractivity contribution is 7.89. The Kier molecular flexibility index (Phi) is 4.07. The van der Waals surface area contributed by atoms with E-state index in [2.05, 4.69) is 9.71 Å². The van der Waals surface area contributed by atoms with E-state index in [9.17, 15) is 18.3 Å². The average Bonchev–Trinajstić information content (AvgIpc) is 2.87. The van der Waals surface area contributed by atoms with Crippen molar-refractivity contribution in [1.82, 2.24) is 9.71 Å². The summed E-state index contributed by atoms with van der Waals surface area (Å²) >= 11 is 0. The molecule has 1 fully saturated rings. The molecular formula is C12H18N2O4S. The summed E-state index contributed by atoms with van der Waals surface area (Å²) in [6, 6.07) is 2.44. The number of aromatic amines is 1. The number of sulfonamides is 1. The first-order valence-electron chi connectivity index (χ1n) is 6.27. The summed E-state index contributed by atoms with van der Waals surface area (Å²) in [6.07, 6.45) is 4.86. The topological polar surface area (TPSA) is 99.3 Å². The lowest BCUT2D eigenvalue weighted by Gasteiger charge is -2.26. The first kappa shape index (κ1) is 14.2. The second kappa shape index (κ2) is 5.44. The molecule has 0 amide bonds. The fourth-order valence-electron chi connectivity index (χ4n) is 2.41. The molecule has 0 unspecified atom stereocenters. The van der Waals surface area contributed by atoms with Crippen LogP contribution in [0.4, 0.5) is 0 Å². The number of H-pyrrole nitrogens is 1. The van der Waals surface area contributed by atoms with Gasteiger partial charge in [0.05, 0.1) is 4.90 Å². The van der Waals surface area contributed by atoms with Gasteiger partial charge < -0.3 is 10.1 Å². The monoisotopic (exact) mass is 286 g/mol. The van der Waals surface area contributed by atoms with Gasteiger partial charge in [-0.15, -0.1) is 0 Å². The largest absolute Gasteiger partial charge is 0.396 e. The Hall–Kier alpha value is -1.18. The van der Waals surface area contributed by atoms with Gasteiger partial charge in [0.15, 0.2) is 0 Å². The average molecular weight is 286 g/mol. The normalized spacial score (nSPS) is 18.6. The number of nitrogens with one attached hydrogen (secondary N) is 2. The lowest BCUT2D eigenvalue weighted by atomic mass is 9.88. The predicted octanol–water partition coefficient (Wildman–Crippen LogP) is 0.206. The second-order valence-electron chi connectivity index (χ2n) is 5.08. The smallest absolute Gasteiger partial charge is 0.247 e. The molecule has 0 radical (unpaired) electrons. The Labute approximate surface area is 111 Å². The van der Waals surface area contributed by atoms with Gasteiger partial charge in [-0.05, 0) is 18.9 Å². The third-order valence-corrected chi connectivity index (χ3v) is 5.10. The zero-order valence-electron chi connectivity index (χ0n) is 10.6. The van der Waals surface area contributed by atoms with Gasteiger partial charge in [0, 0.05) is 30.8 Å². The van der Waals surface area contributed by atoms with Gasteiger partial charge in [-0.25, -0.2) is 13.1 Å². The Morgan fingerprint density at radius 3 is 2.53 bits per heavy atom. The van der Waals surface area contributed by atoms with Crippen molar-refractivity contribution in [2.24, 2.45) is 5.41 Å². The molecule has 6 nitrogen and oxygen atoms in total. The number of rotatable bonds is 5. The molecule has 0 saturated heterocycles. The van der Waals surface area contributed by atoms with Crippen LogP contribution >= 0.6 is 0 Å². The van der Waals surface area contributed by atoms with E-state index in [0.29, 0.717) is 0 Å². The van der Waals surface area contributed by atoms with Crippen LogP contribution in [0.1, 0.15) is 25.7 Å². The standard InChI is InChI=1S/C12H18N2O4S/c15-9-12(5-1-2-6-12)8-14-19(17,18)10-3-4-11(16)13-7-10/h3-4,7,14-15H,1-2,5-6,8-9H2,(H,13,16). The maximum atomic E-state index is 12.0. The third-order valence-electron chi connectivity index (χ3n) is 3.70. The molecule has 1 aromatic rings. The molecule has 1 aromatic heterocycles. The fourth-order valence-corrected chi connectivity index (χ4v) is 3.53. The van der Waals surface area contributed by atoms with Crippen molar-refractivity contribution in [1.29, 1.82) is 0 Å². The molecule has 0 spiro atoms. The van der Waals surface area contributed by atoms with Crippen LogP contribution in [0.15, 0.2) is 28.0 Å². The molecule has 0 bridgehead atoms. The number of aliphatic hydroxyl groups excluding tert-OH is 1.